The molecule has 0 radical (unpaired) electrons. The fraction of sp³-hybridized carbons (Fsp3) is 0.625. The minimum atomic E-state index is -0.468. The minimum absolute atomic E-state index is 0.468. The molecule has 1 saturated carbocycles. The molecule has 1 N–H and O–H groups in total. The Morgan fingerprint density at radius 2 is 1.79 bits per heavy atom. The second-order valence-electron chi connectivity index (χ2n) is 5.98. The molecule has 0 aliphatic heterocycles. The van der Waals surface area contributed by atoms with Gasteiger partial charge in [0.15, 0.2) is 0 Å². The van der Waals surface area contributed by atoms with Gasteiger partial charge in [-0.05, 0) is 68.3 Å². The first-order valence-electron chi connectivity index (χ1n) is 7.18. The predicted octanol–water partition coefficient (Wildman–Crippen LogP) is 3.78. The molecule has 1 nitrogen and oxygen atoms in total. The van der Waals surface area contributed by atoms with Gasteiger partial charge in [-0.25, -0.2) is 8.78 Å². The highest BCUT2D eigenvalue weighted by Gasteiger charge is 2.28. The lowest BCUT2D eigenvalue weighted by molar-refractivity contribution is 0.186. The van der Waals surface area contributed by atoms with Crippen molar-refractivity contribution in [2.75, 3.05) is 13.6 Å². The standard InChI is InChI=1S/C16H23F2N/c1-11-3-4-13(10-19-2)14(5-11)6-12-7-15(17)9-16(18)8-12/h7-9,11,13-14,19H,3-6,10H2,1-2H3. The lowest BCUT2D eigenvalue weighted by Gasteiger charge is -2.35. The molecule has 1 aliphatic carbocycles. The van der Waals surface area contributed by atoms with Crippen LogP contribution in [-0.4, -0.2) is 13.6 Å². The van der Waals surface area contributed by atoms with Crippen LogP contribution in [0, 0.1) is 29.4 Å². The van der Waals surface area contributed by atoms with E-state index < -0.39 is 11.6 Å². The third kappa shape index (κ3) is 4.00. The normalized spacial score (nSPS) is 27.5. The molecule has 1 fully saturated rings. The molecule has 106 valence electrons. The maximum absolute atomic E-state index is 13.3. The van der Waals surface area contributed by atoms with Crippen LogP contribution in [0.25, 0.3) is 0 Å². The van der Waals surface area contributed by atoms with Crippen molar-refractivity contribution >= 4 is 0 Å². The molecular formula is C16H23F2N. The molecule has 0 aromatic heterocycles. The molecule has 0 amide bonds. The summed E-state index contributed by atoms with van der Waals surface area (Å²) in [4.78, 5) is 0. The van der Waals surface area contributed by atoms with Gasteiger partial charge >= 0.3 is 0 Å². The van der Waals surface area contributed by atoms with Gasteiger partial charge in [-0.15, -0.1) is 0 Å². The zero-order chi connectivity index (χ0) is 13.8. The molecule has 0 saturated heterocycles. The molecule has 3 atom stereocenters. The Balaban J connectivity index is 2.09. The van der Waals surface area contributed by atoms with E-state index in [1.165, 1.54) is 25.0 Å². The Labute approximate surface area is 114 Å². The molecule has 1 aliphatic rings. The second kappa shape index (κ2) is 6.47. The third-order valence-corrected chi connectivity index (χ3v) is 4.29. The zero-order valence-corrected chi connectivity index (χ0v) is 11.8. The van der Waals surface area contributed by atoms with E-state index in [0.717, 1.165) is 36.9 Å². The van der Waals surface area contributed by atoms with E-state index in [1.54, 1.807) is 0 Å². The SMILES string of the molecule is CNCC1CCC(C)CC1Cc1cc(F)cc(F)c1. The van der Waals surface area contributed by atoms with Crippen molar-refractivity contribution in [3.05, 3.63) is 35.4 Å². The molecule has 1 aromatic carbocycles. The van der Waals surface area contributed by atoms with E-state index in [-0.39, 0.29) is 0 Å². The van der Waals surface area contributed by atoms with Crippen LogP contribution >= 0.6 is 0 Å². The Bertz CT molecular complexity index is 399. The molecule has 0 heterocycles. The summed E-state index contributed by atoms with van der Waals surface area (Å²) in [6.45, 7) is 3.27. The summed E-state index contributed by atoms with van der Waals surface area (Å²) in [5.74, 6) is 0.925. The van der Waals surface area contributed by atoms with E-state index >= 15 is 0 Å². The molecule has 19 heavy (non-hydrogen) atoms. The van der Waals surface area contributed by atoms with E-state index in [1.807, 2.05) is 7.05 Å². The lowest BCUT2D eigenvalue weighted by Crippen LogP contribution is -2.32. The highest BCUT2D eigenvalue weighted by Crippen LogP contribution is 2.35. The van der Waals surface area contributed by atoms with Gasteiger partial charge < -0.3 is 5.32 Å². The Morgan fingerprint density at radius 3 is 2.42 bits per heavy atom. The summed E-state index contributed by atoms with van der Waals surface area (Å²) in [6.07, 6.45) is 4.42. The summed E-state index contributed by atoms with van der Waals surface area (Å²) in [5.41, 5.74) is 0.790. The van der Waals surface area contributed by atoms with Crippen LogP contribution in [0.2, 0.25) is 0 Å². The van der Waals surface area contributed by atoms with Crippen molar-refractivity contribution < 1.29 is 8.78 Å². The highest BCUT2D eigenvalue weighted by atomic mass is 19.1. The summed E-state index contributed by atoms with van der Waals surface area (Å²) in [5, 5.41) is 3.24. The van der Waals surface area contributed by atoms with E-state index in [2.05, 4.69) is 12.2 Å². The fourth-order valence-corrected chi connectivity index (χ4v) is 3.37. The van der Waals surface area contributed by atoms with Crippen LogP contribution in [0.4, 0.5) is 8.78 Å². The van der Waals surface area contributed by atoms with E-state index in [9.17, 15) is 8.78 Å². The highest BCUT2D eigenvalue weighted by molar-refractivity contribution is 5.18. The maximum Gasteiger partial charge on any atom is 0.126 e. The van der Waals surface area contributed by atoms with Crippen LogP contribution in [0.5, 0.6) is 0 Å². The molecule has 2 rings (SSSR count). The summed E-state index contributed by atoms with van der Waals surface area (Å²) in [7, 11) is 1.97. The molecule has 3 unspecified atom stereocenters. The second-order valence-corrected chi connectivity index (χ2v) is 5.98. The van der Waals surface area contributed by atoms with Crippen molar-refractivity contribution in [3.63, 3.8) is 0 Å². The topological polar surface area (TPSA) is 12.0 Å². The van der Waals surface area contributed by atoms with Crippen molar-refractivity contribution in [2.24, 2.45) is 17.8 Å². The number of hydrogen-bond acceptors (Lipinski definition) is 1. The zero-order valence-electron chi connectivity index (χ0n) is 11.8. The number of benzene rings is 1. The van der Waals surface area contributed by atoms with Gasteiger partial charge in [0.1, 0.15) is 11.6 Å². The smallest absolute Gasteiger partial charge is 0.126 e. The van der Waals surface area contributed by atoms with Crippen LogP contribution in [0.3, 0.4) is 0 Å². The van der Waals surface area contributed by atoms with Crippen molar-refractivity contribution in [1.82, 2.24) is 5.32 Å². The Morgan fingerprint density at radius 1 is 1.11 bits per heavy atom. The first-order chi connectivity index (χ1) is 9.08. The van der Waals surface area contributed by atoms with E-state index in [4.69, 9.17) is 0 Å². The van der Waals surface area contributed by atoms with Gasteiger partial charge in [-0.2, -0.15) is 0 Å². The van der Waals surface area contributed by atoms with Crippen LogP contribution in [0.15, 0.2) is 18.2 Å². The molecule has 3 heteroatoms. The van der Waals surface area contributed by atoms with Crippen LogP contribution < -0.4 is 5.32 Å². The van der Waals surface area contributed by atoms with Gasteiger partial charge in [0.25, 0.3) is 0 Å². The van der Waals surface area contributed by atoms with Gasteiger partial charge in [-0.3, -0.25) is 0 Å². The first-order valence-corrected chi connectivity index (χ1v) is 7.18. The van der Waals surface area contributed by atoms with Crippen LogP contribution in [0.1, 0.15) is 31.7 Å². The predicted molar refractivity (Wildman–Crippen MR) is 74.0 cm³/mol. The summed E-state index contributed by atoms with van der Waals surface area (Å²) < 4.78 is 26.5. The van der Waals surface area contributed by atoms with Crippen molar-refractivity contribution in [2.45, 2.75) is 32.6 Å². The first kappa shape index (κ1) is 14.4. The monoisotopic (exact) mass is 267 g/mol. The number of hydrogen-bond donors (Lipinski definition) is 1. The van der Waals surface area contributed by atoms with Gasteiger partial charge in [0.2, 0.25) is 0 Å². The quantitative estimate of drug-likeness (QED) is 0.875. The summed E-state index contributed by atoms with van der Waals surface area (Å²) >= 11 is 0. The number of rotatable bonds is 4. The van der Waals surface area contributed by atoms with Crippen molar-refractivity contribution in [1.29, 1.82) is 0 Å². The summed E-state index contributed by atoms with van der Waals surface area (Å²) in [6, 6.07) is 3.88. The van der Waals surface area contributed by atoms with E-state index in [0.29, 0.717) is 11.8 Å². The van der Waals surface area contributed by atoms with Gasteiger partial charge in [0.05, 0.1) is 0 Å². The molecule has 1 aromatic rings. The number of halogens is 2. The third-order valence-electron chi connectivity index (χ3n) is 4.29. The maximum atomic E-state index is 13.3. The minimum Gasteiger partial charge on any atom is -0.319 e. The molecule has 0 spiro atoms. The number of nitrogens with one attached hydrogen (secondary N) is 1. The average Bonchev–Trinajstić information content (AvgIpc) is 2.31. The van der Waals surface area contributed by atoms with Gasteiger partial charge in [0, 0.05) is 6.07 Å². The van der Waals surface area contributed by atoms with Crippen molar-refractivity contribution in [3.8, 4) is 0 Å². The Kier molecular flexibility index (Phi) is 4.92. The fourth-order valence-electron chi connectivity index (χ4n) is 3.37. The van der Waals surface area contributed by atoms with Gasteiger partial charge in [-0.1, -0.05) is 13.3 Å². The van der Waals surface area contributed by atoms with Crippen LogP contribution in [-0.2, 0) is 6.42 Å². The lowest BCUT2D eigenvalue weighted by atomic mass is 9.72. The molecular weight excluding hydrogens is 244 g/mol. The largest absolute Gasteiger partial charge is 0.319 e. The Hall–Kier alpha value is -0.960. The molecule has 0 bridgehead atoms. The average molecular weight is 267 g/mol.